The van der Waals surface area contributed by atoms with Crippen LogP contribution in [0.1, 0.15) is 38.9 Å². The maximum absolute atomic E-state index is 12.1. The van der Waals surface area contributed by atoms with E-state index in [1.807, 2.05) is 20.8 Å². The zero-order valence-electron chi connectivity index (χ0n) is 12.7. The lowest BCUT2D eigenvalue weighted by Gasteiger charge is -2.18. The molecule has 0 saturated carbocycles. The first-order chi connectivity index (χ1) is 9.64. The molecule has 1 N–H and O–H groups in total. The van der Waals surface area contributed by atoms with E-state index in [-0.39, 0.29) is 10.7 Å². The molecule has 1 saturated heterocycles. The SMILES string of the molecule is CCC(=O)[C@H]1NC(C)(C)O[C@@H]1c1ccc(S(C)(=O)=O)cc1. The molecule has 0 amide bonds. The van der Waals surface area contributed by atoms with Crippen LogP contribution in [0.15, 0.2) is 29.2 Å². The van der Waals surface area contributed by atoms with Crippen molar-refractivity contribution < 1.29 is 17.9 Å². The lowest BCUT2D eigenvalue weighted by atomic mass is 9.98. The van der Waals surface area contributed by atoms with Crippen LogP contribution in [0, 0.1) is 0 Å². The van der Waals surface area contributed by atoms with Crippen molar-refractivity contribution in [3.63, 3.8) is 0 Å². The first-order valence-electron chi connectivity index (χ1n) is 6.92. The van der Waals surface area contributed by atoms with Crippen molar-refractivity contribution in [1.29, 1.82) is 0 Å². The van der Waals surface area contributed by atoms with Crippen LogP contribution >= 0.6 is 0 Å². The van der Waals surface area contributed by atoms with Crippen LogP contribution in [0.5, 0.6) is 0 Å². The molecule has 5 nitrogen and oxygen atoms in total. The number of rotatable bonds is 4. The average molecular weight is 311 g/mol. The Morgan fingerprint density at radius 1 is 1.29 bits per heavy atom. The van der Waals surface area contributed by atoms with E-state index in [9.17, 15) is 13.2 Å². The predicted octanol–water partition coefficient (Wildman–Crippen LogP) is 1.83. The molecule has 6 heteroatoms. The Morgan fingerprint density at radius 3 is 2.33 bits per heavy atom. The van der Waals surface area contributed by atoms with Gasteiger partial charge in [0.25, 0.3) is 0 Å². The van der Waals surface area contributed by atoms with Gasteiger partial charge in [-0.15, -0.1) is 0 Å². The fourth-order valence-electron chi connectivity index (χ4n) is 2.50. The molecule has 0 radical (unpaired) electrons. The molecule has 0 bridgehead atoms. The minimum atomic E-state index is -3.22. The van der Waals surface area contributed by atoms with Crippen LogP contribution in [0.25, 0.3) is 0 Å². The largest absolute Gasteiger partial charge is 0.351 e. The third kappa shape index (κ3) is 3.51. The molecular weight excluding hydrogens is 290 g/mol. The van der Waals surface area contributed by atoms with Crippen LogP contribution in [-0.4, -0.2) is 32.2 Å². The van der Waals surface area contributed by atoms with Gasteiger partial charge in [-0.3, -0.25) is 10.1 Å². The van der Waals surface area contributed by atoms with E-state index in [1.54, 1.807) is 24.3 Å². The third-order valence-corrected chi connectivity index (χ3v) is 4.69. The number of sulfone groups is 1. The molecule has 21 heavy (non-hydrogen) atoms. The highest BCUT2D eigenvalue weighted by Crippen LogP contribution is 2.34. The zero-order chi connectivity index (χ0) is 15.8. The lowest BCUT2D eigenvalue weighted by molar-refractivity contribution is -0.121. The summed E-state index contributed by atoms with van der Waals surface area (Å²) in [5, 5.41) is 3.18. The molecule has 1 aliphatic rings. The number of ether oxygens (including phenoxy) is 1. The van der Waals surface area contributed by atoms with Crippen LogP contribution in [0.3, 0.4) is 0 Å². The van der Waals surface area contributed by atoms with Crippen molar-refractivity contribution in [3.05, 3.63) is 29.8 Å². The molecule has 0 spiro atoms. The van der Waals surface area contributed by atoms with Crippen LogP contribution in [-0.2, 0) is 19.4 Å². The van der Waals surface area contributed by atoms with E-state index >= 15 is 0 Å². The maximum atomic E-state index is 12.1. The first-order valence-corrected chi connectivity index (χ1v) is 8.81. The quantitative estimate of drug-likeness (QED) is 0.918. The summed E-state index contributed by atoms with van der Waals surface area (Å²) in [7, 11) is -3.22. The van der Waals surface area contributed by atoms with Gasteiger partial charge < -0.3 is 4.74 Å². The summed E-state index contributed by atoms with van der Waals surface area (Å²) >= 11 is 0. The molecular formula is C15H21NO4S. The summed E-state index contributed by atoms with van der Waals surface area (Å²) in [6, 6.07) is 6.11. The number of carbonyl (C=O) groups excluding carboxylic acids is 1. The lowest BCUT2D eigenvalue weighted by Crippen LogP contribution is -2.42. The van der Waals surface area contributed by atoms with Crippen molar-refractivity contribution in [2.45, 2.75) is 50.0 Å². The Labute approximate surface area is 125 Å². The predicted molar refractivity (Wildman–Crippen MR) is 79.7 cm³/mol. The zero-order valence-corrected chi connectivity index (χ0v) is 13.5. The molecule has 116 valence electrons. The van der Waals surface area contributed by atoms with Crippen molar-refractivity contribution >= 4 is 15.6 Å². The molecule has 1 fully saturated rings. The standard InChI is InChI=1S/C15H21NO4S/c1-5-12(17)13-14(20-15(2,3)16-13)10-6-8-11(9-7-10)21(4,18)19/h6-9,13-14,16H,5H2,1-4H3/t13-,14-/m1/s1. The highest BCUT2D eigenvalue weighted by Gasteiger charge is 2.43. The Morgan fingerprint density at radius 2 is 1.86 bits per heavy atom. The Hall–Kier alpha value is -1.24. The minimum absolute atomic E-state index is 0.0813. The van der Waals surface area contributed by atoms with Crippen molar-refractivity contribution in [3.8, 4) is 0 Å². The van der Waals surface area contributed by atoms with Gasteiger partial charge in [0.2, 0.25) is 0 Å². The summed E-state index contributed by atoms with van der Waals surface area (Å²) in [6.07, 6.45) is 1.19. The minimum Gasteiger partial charge on any atom is -0.351 e. The van der Waals surface area contributed by atoms with Gasteiger partial charge in [-0.2, -0.15) is 0 Å². The maximum Gasteiger partial charge on any atom is 0.175 e. The van der Waals surface area contributed by atoms with E-state index in [0.29, 0.717) is 6.42 Å². The molecule has 0 aliphatic carbocycles. The summed E-state index contributed by atoms with van der Waals surface area (Å²) in [4.78, 5) is 12.3. The summed E-state index contributed by atoms with van der Waals surface area (Å²) in [5.74, 6) is 0.0813. The van der Waals surface area contributed by atoms with Gasteiger partial charge in [0.15, 0.2) is 15.6 Å². The molecule has 1 aromatic carbocycles. The number of Topliss-reactive ketones (excluding diaryl/α,β-unsaturated/α-hetero) is 1. The van der Waals surface area contributed by atoms with Gasteiger partial charge in [0.1, 0.15) is 11.8 Å². The van der Waals surface area contributed by atoms with Gasteiger partial charge in [-0.25, -0.2) is 8.42 Å². The van der Waals surface area contributed by atoms with Crippen molar-refractivity contribution in [1.82, 2.24) is 5.32 Å². The van der Waals surface area contributed by atoms with E-state index in [0.717, 1.165) is 5.56 Å². The summed E-state index contributed by atoms with van der Waals surface area (Å²) in [5.41, 5.74) is 0.211. The van der Waals surface area contributed by atoms with Crippen molar-refractivity contribution in [2.24, 2.45) is 0 Å². The molecule has 2 rings (SSSR count). The van der Waals surface area contributed by atoms with E-state index < -0.39 is 27.7 Å². The summed E-state index contributed by atoms with van der Waals surface area (Å²) < 4.78 is 28.9. The van der Waals surface area contributed by atoms with Gasteiger partial charge in [0, 0.05) is 12.7 Å². The number of ketones is 1. The highest BCUT2D eigenvalue weighted by molar-refractivity contribution is 7.90. The number of hydrogen-bond donors (Lipinski definition) is 1. The Bertz CT molecular complexity index is 634. The fraction of sp³-hybridized carbons (Fsp3) is 0.533. The number of benzene rings is 1. The highest BCUT2D eigenvalue weighted by atomic mass is 32.2. The van der Waals surface area contributed by atoms with E-state index in [4.69, 9.17) is 4.74 Å². The normalized spacial score (nSPS) is 25.0. The van der Waals surface area contributed by atoms with Crippen LogP contribution in [0.4, 0.5) is 0 Å². The topological polar surface area (TPSA) is 72.5 Å². The Kier molecular flexibility index (Phi) is 4.24. The molecule has 1 aliphatic heterocycles. The monoisotopic (exact) mass is 311 g/mol. The first kappa shape index (κ1) is 16.1. The van der Waals surface area contributed by atoms with Crippen LogP contribution < -0.4 is 5.32 Å². The number of nitrogens with one attached hydrogen (secondary N) is 1. The summed E-state index contributed by atoms with van der Waals surface area (Å²) in [6.45, 7) is 5.56. The van der Waals surface area contributed by atoms with E-state index in [1.165, 1.54) is 6.26 Å². The average Bonchev–Trinajstić information content (AvgIpc) is 2.73. The third-order valence-electron chi connectivity index (χ3n) is 3.56. The van der Waals surface area contributed by atoms with Crippen molar-refractivity contribution in [2.75, 3.05) is 6.26 Å². The van der Waals surface area contributed by atoms with Gasteiger partial charge in [-0.05, 0) is 31.5 Å². The van der Waals surface area contributed by atoms with Gasteiger partial charge in [0.05, 0.1) is 10.9 Å². The smallest absolute Gasteiger partial charge is 0.175 e. The van der Waals surface area contributed by atoms with E-state index in [2.05, 4.69) is 5.32 Å². The number of carbonyl (C=O) groups is 1. The van der Waals surface area contributed by atoms with Crippen LogP contribution in [0.2, 0.25) is 0 Å². The molecule has 0 unspecified atom stereocenters. The molecule has 1 heterocycles. The van der Waals surface area contributed by atoms with Gasteiger partial charge >= 0.3 is 0 Å². The molecule has 1 aromatic rings. The number of hydrogen-bond acceptors (Lipinski definition) is 5. The Balaban J connectivity index is 2.33. The second-order valence-electron chi connectivity index (χ2n) is 5.83. The molecule has 0 aromatic heterocycles. The molecule has 2 atom stereocenters. The second kappa shape index (κ2) is 5.51. The van der Waals surface area contributed by atoms with Gasteiger partial charge in [-0.1, -0.05) is 19.1 Å². The second-order valence-corrected chi connectivity index (χ2v) is 7.85. The fourth-order valence-corrected chi connectivity index (χ4v) is 3.13.